The third-order valence-electron chi connectivity index (χ3n) is 6.10. The Bertz CT molecular complexity index is 536. The Hall–Kier alpha value is -0.460. The Labute approximate surface area is 126 Å². The predicted octanol–water partition coefficient (Wildman–Crippen LogP) is 1.48. The first kappa shape index (κ1) is 15.4. The summed E-state index contributed by atoms with van der Waals surface area (Å²) in [4.78, 5) is 12.4. The molecule has 2 bridgehead atoms. The molecule has 6 heteroatoms. The lowest BCUT2D eigenvalue weighted by molar-refractivity contribution is -0.128. The molecule has 0 radical (unpaired) electrons. The van der Waals surface area contributed by atoms with Gasteiger partial charge in [0.25, 0.3) is 10.1 Å². The number of carbonyl (C=O) groups is 1. The number of ketones is 1. The highest BCUT2D eigenvalue weighted by Gasteiger charge is 2.65. The summed E-state index contributed by atoms with van der Waals surface area (Å²) in [5.74, 6) is 0.313. The van der Waals surface area contributed by atoms with Crippen molar-refractivity contribution in [1.29, 1.82) is 0 Å². The summed E-state index contributed by atoms with van der Waals surface area (Å²) in [5.41, 5.74) is -0.954. The van der Waals surface area contributed by atoms with Crippen LogP contribution in [0.25, 0.3) is 0 Å². The van der Waals surface area contributed by atoms with Gasteiger partial charge in [-0.15, -0.1) is 0 Å². The summed E-state index contributed by atoms with van der Waals surface area (Å²) in [7, 11) is -3.67. The molecule has 2 saturated carbocycles. The first-order valence-electron chi connectivity index (χ1n) is 7.92. The molecule has 1 saturated heterocycles. The maximum Gasteiger partial charge on any atom is 0.268 e. The van der Waals surface area contributed by atoms with Crippen LogP contribution in [-0.4, -0.2) is 39.1 Å². The van der Waals surface area contributed by atoms with Crippen molar-refractivity contribution in [1.82, 2.24) is 5.32 Å². The molecule has 3 atom stereocenters. The lowest BCUT2D eigenvalue weighted by atomic mass is 9.70. The number of hydrogen-bond acceptors (Lipinski definition) is 5. The van der Waals surface area contributed by atoms with E-state index in [0.717, 1.165) is 25.8 Å². The van der Waals surface area contributed by atoms with E-state index in [-0.39, 0.29) is 23.1 Å². The van der Waals surface area contributed by atoms with Gasteiger partial charge in [-0.25, -0.2) is 0 Å². The van der Waals surface area contributed by atoms with Crippen LogP contribution in [-0.2, 0) is 19.1 Å². The van der Waals surface area contributed by atoms with Crippen molar-refractivity contribution in [3.05, 3.63) is 0 Å². The van der Waals surface area contributed by atoms with Crippen LogP contribution in [0.15, 0.2) is 0 Å². The number of piperidine rings is 1. The van der Waals surface area contributed by atoms with E-state index >= 15 is 0 Å². The molecule has 0 amide bonds. The molecular formula is C15H25NO4S. The van der Waals surface area contributed by atoms with Gasteiger partial charge >= 0.3 is 0 Å². The molecule has 0 aromatic rings. The van der Waals surface area contributed by atoms with E-state index in [1.165, 1.54) is 0 Å². The average molecular weight is 315 g/mol. The Morgan fingerprint density at radius 1 is 1.33 bits per heavy atom. The average Bonchev–Trinajstić information content (AvgIpc) is 2.72. The Balaban J connectivity index is 1.76. The fourth-order valence-electron chi connectivity index (χ4n) is 4.55. The summed E-state index contributed by atoms with van der Waals surface area (Å²) in [6, 6.07) is 0. The van der Waals surface area contributed by atoms with Gasteiger partial charge in [0.1, 0.15) is 5.78 Å². The van der Waals surface area contributed by atoms with Crippen molar-refractivity contribution in [2.24, 2.45) is 16.7 Å². The van der Waals surface area contributed by atoms with Crippen LogP contribution >= 0.6 is 0 Å². The third-order valence-corrected chi connectivity index (χ3v) is 7.51. The molecule has 1 heterocycles. The van der Waals surface area contributed by atoms with E-state index in [0.29, 0.717) is 25.3 Å². The molecule has 0 aromatic heterocycles. The summed E-state index contributed by atoms with van der Waals surface area (Å²) in [6.45, 7) is 5.59. The Kier molecular flexibility index (Phi) is 3.70. The van der Waals surface area contributed by atoms with Gasteiger partial charge in [-0.1, -0.05) is 13.8 Å². The van der Waals surface area contributed by atoms with Gasteiger partial charge in [-0.3, -0.25) is 8.98 Å². The standard InChI is InChI=1S/C15H25NO4S/c1-14(2)11-5-6-15(14,13(17)8-11)10-21(18,19)20-12-4-3-7-16-9-12/h11-12,16H,3-10H2,1-2H3/t11?,12-,15-/m0/s1. The topological polar surface area (TPSA) is 72.5 Å². The molecule has 21 heavy (non-hydrogen) atoms. The van der Waals surface area contributed by atoms with Crippen molar-refractivity contribution < 1.29 is 17.4 Å². The fraction of sp³-hybridized carbons (Fsp3) is 0.933. The SMILES string of the molecule is CC1(C)C2CC[C@]1(CS(=O)(=O)O[C@H]1CCCNC1)C(=O)C2. The van der Waals surface area contributed by atoms with Crippen molar-refractivity contribution in [2.75, 3.05) is 18.8 Å². The minimum absolute atomic E-state index is 0.123. The van der Waals surface area contributed by atoms with Crippen LogP contribution in [0.1, 0.15) is 46.0 Å². The van der Waals surface area contributed by atoms with Gasteiger partial charge in [0, 0.05) is 13.0 Å². The zero-order valence-electron chi connectivity index (χ0n) is 12.9. The summed E-state index contributed by atoms with van der Waals surface area (Å²) in [6.07, 6.45) is 3.59. The van der Waals surface area contributed by atoms with Crippen LogP contribution in [0.3, 0.4) is 0 Å². The molecule has 120 valence electrons. The second kappa shape index (κ2) is 5.03. The predicted molar refractivity (Wildman–Crippen MR) is 79.3 cm³/mol. The second-order valence-electron chi connectivity index (χ2n) is 7.43. The van der Waals surface area contributed by atoms with Gasteiger partial charge in [0.05, 0.1) is 17.3 Å². The van der Waals surface area contributed by atoms with E-state index in [9.17, 15) is 13.2 Å². The number of fused-ring (bicyclic) bond motifs is 2. The minimum atomic E-state index is -3.67. The molecule has 1 N–H and O–H groups in total. The van der Waals surface area contributed by atoms with Gasteiger partial charge in [0.2, 0.25) is 0 Å². The smallest absolute Gasteiger partial charge is 0.268 e. The molecule has 2 aliphatic carbocycles. The molecule has 0 aromatic carbocycles. The molecule has 1 aliphatic heterocycles. The molecule has 3 fully saturated rings. The quantitative estimate of drug-likeness (QED) is 0.796. The van der Waals surface area contributed by atoms with E-state index in [1.807, 2.05) is 13.8 Å². The van der Waals surface area contributed by atoms with Gasteiger partial charge in [-0.2, -0.15) is 8.42 Å². The summed E-state index contributed by atoms with van der Waals surface area (Å²) in [5, 5.41) is 3.15. The zero-order valence-corrected chi connectivity index (χ0v) is 13.7. The Morgan fingerprint density at radius 3 is 2.62 bits per heavy atom. The lowest BCUT2D eigenvalue weighted by Crippen LogP contribution is -2.44. The molecule has 5 nitrogen and oxygen atoms in total. The number of Topliss-reactive ketones (excluding diaryl/α,β-unsaturated/α-hetero) is 1. The van der Waals surface area contributed by atoms with Crippen LogP contribution in [0, 0.1) is 16.7 Å². The fourth-order valence-corrected chi connectivity index (χ4v) is 6.48. The summed E-state index contributed by atoms with van der Waals surface area (Å²) >= 11 is 0. The van der Waals surface area contributed by atoms with Crippen LogP contribution in [0.5, 0.6) is 0 Å². The maximum atomic E-state index is 12.5. The Morgan fingerprint density at radius 2 is 2.10 bits per heavy atom. The summed E-state index contributed by atoms with van der Waals surface area (Å²) < 4.78 is 30.3. The van der Waals surface area contributed by atoms with Gasteiger partial charge in [-0.05, 0) is 43.6 Å². The van der Waals surface area contributed by atoms with Gasteiger partial charge in [0.15, 0.2) is 0 Å². The van der Waals surface area contributed by atoms with Crippen LogP contribution in [0.4, 0.5) is 0 Å². The number of carbonyl (C=O) groups excluding carboxylic acids is 1. The van der Waals surface area contributed by atoms with E-state index in [4.69, 9.17) is 4.18 Å². The van der Waals surface area contributed by atoms with Crippen molar-refractivity contribution in [3.63, 3.8) is 0 Å². The van der Waals surface area contributed by atoms with E-state index in [2.05, 4.69) is 5.32 Å². The first-order valence-corrected chi connectivity index (χ1v) is 9.50. The number of nitrogens with one attached hydrogen (secondary N) is 1. The second-order valence-corrected chi connectivity index (χ2v) is 9.03. The molecule has 3 aliphatic rings. The molecule has 3 rings (SSSR count). The largest absolute Gasteiger partial charge is 0.314 e. The van der Waals surface area contributed by atoms with E-state index in [1.54, 1.807) is 0 Å². The monoisotopic (exact) mass is 315 g/mol. The highest BCUT2D eigenvalue weighted by molar-refractivity contribution is 7.86. The van der Waals surface area contributed by atoms with Gasteiger partial charge < -0.3 is 5.32 Å². The highest BCUT2D eigenvalue weighted by atomic mass is 32.2. The van der Waals surface area contributed by atoms with Crippen LogP contribution < -0.4 is 5.32 Å². The minimum Gasteiger partial charge on any atom is -0.314 e. The van der Waals surface area contributed by atoms with Crippen molar-refractivity contribution in [2.45, 2.75) is 52.1 Å². The van der Waals surface area contributed by atoms with Crippen LogP contribution in [0.2, 0.25) is 0 Å². The normalized spacial score (nSPS) is 38.9. The molecule has 1 unspecified atom stereocenters. The molecule has 0 spiro atoms. The lowest BCUT2D eigenvalue weighted by Gasteiger charge is -2.36. The third kappa shape index (κ3) is 2.45. The zero-order chi connectivity index (χ0) is 15.3. The first-order chi connectivity index (χ1) is 9.77. The molecular weight excluding hydrogens is 290 g/mol. The maximum absolute atomic E-state index is 12.5. The van der Waals surface area contributed by atoms with Crippen molar-refractivity contribution >= 4 is 15.9 Å². The number of rotatable bonds is 4. The van der Waals surface area contributed by atoms with Crippen molar-refractivity contribution in [3.8, 4) is 0 Å². The van der Waals surface area contributed by atoms with E-state index < -0.39 is 15.5 Å². The highest BCUT2D eigenvalue weighted by Crippen LogP contribution is 2.64. The number of hydrogen-bond donors (Lipinski definition) is 1.